The van der Waals surface area contributed by atoms with Crippen molar-refractivity contribution in [3.63, 3.8) is 0 Å². The van der Waals surface area contributed by atoms with Crippen molar-refractivity contribution in [3.05, 3.63) is 0 Å². The summed E-state index contributed by atoms with van der Waals surface area (Å²) in [6.45, 7) is 0. The number of carbonyl (C=O) groups excluding carboxylic acids is 2. The molecule has 0 unspecified atom stereocenters. The van der Waals surface area contributed by atoms with Gasteiger partial charge in [0.2, 0.25) is 5.92 Å². The topological polar surface area (TPSA) is 34.1 Å². The van der Waals surface area contributed by atoms with E-state index in [-0.39, 0.29) is 11.8 Å². The van der Waals surface area contributed by atoms with E-state index < -0.39 is 0 Å². The molecular formula is C8H11O2+. The number of hydrogen-bond acceptors (Lipinski definition) is 2. The Morgan fingerprint density at radius 2 is 1.80 bits per heavy atom. The molecule has 2 nitrogen and oxygen atoms in total. The summed E-state index contributed by atoms with van der Waals surface area (Å²) >= 11 is 0. The number of hydrogen-bond donors (Lipinski definition) is 0. The Bertz CT molecular complexity index is 107. The van der Waals surface area contributed by atoms with Gasteiger partial charge in [-0.05, 0) is 12.8 Å². The normalized spacial score (nSPS) is 32.8. The first-order valence-corrected chi connectivity index (χ1v) is 3.69. The summed E-state index contributed by atoms with van der Waals surface area (Å²) in [4.78, 5) is 20.4. The molecule has 0 bridgehead atoms. The third-order valence-corrected chi connectivity index (χ3v) is 2.13. The Hall–Kier alpha value is -0.750. The third-order valence-electron chi connectivity index (χ3n) is 2.13. The van der Waals surface area contributed by atoms with Crippen LogP contribution >= 0.6 is 0 Å². The van der Waals surface area contributed by atoms with E-state index in [1.165, 1.54) is 0 Å². The summed E-state index contributed by atoms with van der Waals surface area (Å²) in [6, 6.07) is 0. The quantitative estimate of drug-likeness (QED) is 0.424. The Kier molecular flexibility index (Phi) is 2.52. The average Bonchev–Trinajstić information content (AvgIpc) is 2.05. The van der Waals surface area contributed by atoms with E-state index in [0.29, 0.717) is 0 Å². The fraction of sp³-hybridized carbons (Fsp3) is 0.750. The van der Waals surface area contributed by atoms with Gasteiger partial charge in [-0.15, -0.1) is 0 Å². The summed E-state index contributed by atoms with van der Waals surface area (Å²) in [7, 11) is 0. The van der Waals surface area contributed by atoms with Gasteiger partial charge in [-0.2, -0.15) is 0 Å². The van der Waals surface area contributed by atoms with Crippen LogP contribution in [0.2, 0.25) is 0 Å². The Morgan fingerprint density at radius 1 is 1.20 bits per heavy atom. The summed E-state index contributed by atoms with van der Waals surface area (Å²) in [6.07, 6.45) is 6.45. The Morgan fingerprint density at radius 3 is 2.20 bits per heavy atom. The maximum absolute atomic E-state index is 10.3. The molecule has 0 aromatic carbocycles. The summed E-state index contributed by atoms with van der Waals surface area (Å²) in [5, 5.41) is 0. The molecule has 1 fully saturated rings. The fourth-order valence-electron chi connectivity index (χ4n) is 1.37. The molecule has 0 saturated heterocycles. The molecule has 1 rings (SSSR count). The lowest BCUT2D eigenvalue weighted by Crippen LogP contribution is -2.15. The highest BCUT2D eigenvalue weighted by Gasteiger charge is 2.28. The second-order valence-corrected chi connectivity index (χ2v) is 2.87. The molecular weight excluding hydrogens is 128 g/mol. The van der Waals surface area contributed by atoms with Gasteiger partial charge in [-0.1, -0.05) is 0 Å². The lowest BCUT2D eigenvalue weighted by Gasteiger charge is -2.14. The highest BCUT2D eigenvalue weighted by atomic mass is 16.1. The first kappa shape index (κ1) is 7.36. The van der Waals surface area contributed by atoms with Crippen molar-refractivity contribution in [2.75, 3.05) is 0 Å². The first-order chi connectivity index (χ1) is 4.86. The van der Waals surface area contributed by atoms with E-state index in [0.717, 1.165) is 32.0 Å². The number of rotatable bonds is 2. The highest BCUT2D eigenvalue weighted by molar-refractivity contribution is 5.57. The predicted octanol–water partition coefficient (Wildman–Crippen LogP) is 1.10. The minimum absolute atomic E-state index is 0.108. The Balaban J connectivity index is 2.30. The van der Waals surface area contributed by atoms with Crippen molar-refractivity contribution < 1.29 is 9.59 Å². The lowest BCUT2D eigenvalue weighted by molar-refractivity contribution is -0.112. The standard InChI is InChI=1S/C8H11O2/c9-5-7-1-2-8(6-10)4-3-7/h5,7-8H,1-4H2/q+1. The van der Waals surface area contributed by atoms with Crippen LogP contribution in [0.3, 0.4) is 0 Å². The van der Waals surface area contributed by atoms with E-state index in [2.05, 4.69) is 0 Å². The molecule has 0 radical (unpaired) electrons. The minimum Gasteiger partial charge on any atom is -0.303 e. The molecule has 0 aromatic rings. The van der Waals surface area contributed by atoms with Gasteiger partial charge in [0, 0.05) is 23.6 Å². The van der Waals surface area contributed by atoms with Crippen molar-refractivity contribution in [1.29, 1.82) is 0 Å². The van der Waals surface area contributed by atoms with Crippen LogP contribution in [0.25, 0.3) is 0 Å². The maximum Gasteiger partial charge on any atom is 0.509 e. The zero-order valence-corrected chi connectivity index (χ0v) is 5.88. The number of carbonyl (C=O) groups is 1. The van der Waals surface area contributed by atoms with Crippen molar-refractivity contribution in [1.82, 2.24) is 0 Å². The summed E-state index contributed by atoms with van der Waals surface area (Å²) in [5.74, 6) is 0.320. The summed E-state index contributed by atoms with van der Waals surface area (Å²) < 4.78 is 0. The molecule has 2 heteroatoms. The molecule has 0 N–H and O–H groups in total. The summed E-state index contributed by atoms with van der Waals surface area (Å²) in [5.41, 5.74) is 0. The first-order valence-electron chi connectivity index (χ1n) is 3.69. The zero-order chi connectivity index (χ0) is 7.40. The van der Waals surface area contributed by atoms with E-state index in [1.54, 1.807) is 0 Å². The number of aldehydes is 1. The van der Waals surface area contributed by atoms with Crippen molar-refractivity contribution in [3.8, 4) is 0 Å². The lowest BCUT2D eigenvalue weighted by atomic mass is 9.84. The van der Waals surface area contributed by atoms with Crippen LogP contribution in [0, 0.1) is 11.8 Å². The Labute approximate surface area is 60.6 Å². The van der Waals surface area contributed by atoms with Crippen LogP contribution in [-0.4, -0.2) is 12.6 Å². The highest BCUT2D eigenvalue weighted by Crippen LogP contribution is 2.25. The van der Waals surface area contributed by atoms with Gasteiger partial charge in [-0.25, -0.2) is 0 Å². The molecule has 0 amide bonds. The molecule has 0 spiro atoms. The maximum atomic E-state index is 10.3. The zero-order valence-electron chi connectivity index (χ0n) is 5.88. The van der Waals surface area contributed by atoms with Gasteiger partial charge in [0.05, 0.1) is 0 Å². The van der Waals surface area contributed by atoms with Crippen molar-refractivity contribution in [2.24, 2.45) is 11.8 Å². The van der Waals surface area contributed by atoms with Gasteiger partial charge in [-0.3, -0.25) is 0 Å². The molecule has 10 heavy (non-hydrogen) atoms. The fourth-order valence-corrected chi connectivity index (χ4v) is 1.37. The third kappa shape index (κ3) is 1.61. The van der Waals surface area contributed by atoms with Crippen LogP contribution in [0.1, 0.15) is 25.7 Å². The molecule has 54 valence electrons. The van der Waals surface area contributed by atoms with Crippen LogP contribution in [-0.2, 0) is 9.59 Å². The molecule has 0 heterocycles. The molecule has 1 aliphatic rings. The average molecular weight is 139 g/mol. The van der Waals surface area contributed by atoms with Gasteiger partial charge < -0.3 is 4.79 Å². The van der Waals surface area contributed by atoms with Crippen LogP contribution in [0.4, 0.5) is 0 Å². The monoisotopic (exact) mass is 139 g/mol. The van der Waals surface area contributed by atoms with Gasteiger partial charge in [0.1, 0.15) is 6.29 Å². The molecule has 1 saturated carbocycles. The smallest absolute Gasteiger partial charge is 0.303 e. The predicted molar refractivity (Wildman–Crippen MR) is 37.2 cm³/mol. The van der Waals surface area contributed by atoms with Crippen molar-refractivity contribution >= 4 is 12.6 Å². The second kappa shape index (κ2) is 3.43. The van der Waals surface area contributed by atoms with Gasteiger partial charge >= 0.3 is 6.29 Å². The SMILES string of the molecule is O=[C+]C1CCC(C=O)CC1. The largest absolute Gasteiger partial charge is 0.509 e. The molecule has 0 aromatic heterocycles. The van der Waals surface area contributed by atoms with E-state index in [9.17, 15) is 9.59 Å². The molecule has 0 atom stereocenters. The van der Waals surface area contributed by atoms with Crippen LogP contribution < -0.4 is 0 Å². The van der Waals surface area contributed by atoms with E-state index >= 15 is 0 Å². The molecule has 1 aliphatic carbocycles. The van der Waals surface area contributed by atoms with E-state index in [1.807, 2.05) is 6.29 Å². The van der Waals surface area contributed by atoms with E-state index in [4.69, 9.17) is 0 Å². The van der Waals surface area contributed by atoms with Gasteiger partial charge in [0.15, 0.2) is 0 Å². The van der Waals surface area contributed by atoms with Crippen molar-refractivity contribution in [2.45, 2.75) is 25.7 Å². The van der Waals surface area contributed by atoms with Gasteiger partial charge in [0.25, 0.3) is 0 Å². The minimum atomic E-state index is 0.108. The van der Waals surface area contributed by atoms with Crippen LogP contribution in [0.15, 0.2) is 0 Å². The van der Waals surface area contributed by atoms with Crippen LogP contribution in [0.5, 0.6) is 0 Å². The molecule has 0 aliphatic heterocycles. The second-order valence-electron chi connectivity index (χ2n) is 2.87.